The first-order valence-corrected chi connectivity index (χ1v) is 8.54. The van der Waals surface area contributed by atoms with Crippen LogP contribution in [0.4, 0.5) is 4.39 Å². The number of nitrogens with one attached hydrogen (secondary N) is 2. The Hall–Kier alpha value is -2.61. The summed E-state index contributed by atoms with van der Waals surface area (Å²) < 4.78 is 29.8. The van der Waals surface area contributed by atoms with Gasteiger partial charge in [0.05, 0.1) is 18.8 Å². The van der Waals surface area contributed by atoms with Gasteiger partial charge in [0.15, 0.2) is 12.8 Å². The van der Waals surface area contributed by atoms with Gasteiger partial charge in [0, 0.05) is 29.8 Å². The molecule has 0 atom stereocenters. The number of aromatic nitrogens is 1. The molecule has 0 amide bonds. The van der Waals surface area contributed by atoms with E-state index in [1.165, 1.54) is 12.1 Å². The Morgan fingerprint density at radius 1 is 1.31 bits per heavy atom. The maximum atomic E-state index is 13.8. The molecule has 0 fully saturated rings. The van der Waals surface area contributed by atoms with Gasteiger partial charge in [-0.1, -0.05) is 5.16 Å². The van der Waals surface area contributed by atoms with E-state index in [-0.39, 0.29) is 19.2 Å². The lowest BCUT2D eigenvalue weighted by Gasteiger charge is -2.20. The third kappa shape index (κ3) is 4.13. The molecule has 8 heteroatoms. The minimum atomic E-state index is -0.322. The van der Waals surface area contributed by atoms with Crippen molar-refractivity contribution in [1.82, 2.24) is 15.8 Å². The van der Waals surface area contributed by atoms with Gasteiger partial charge in [-0.3, -0.25) is 0 Å². The maximum Gasteiger partial charge on any atom is 0.191 e. The van der Waals surface area contributed by atoms with Crippen LogP contribution in [0.15, 0.2) is 21.6 Å². The van der Waals surface area contributed by atoms with E-state index in [0.717, 1.165) is 17.0 Å². The van der Waals surface area contributed by atoms with Crippen molar-refractivity contribution in [3.05, 3.63) is 46.1 Å². The number of hydrogen-bond donors (Lipinski definition) is 2. The molecule has 140 valence electrons. The van der Waals surface area contributed by atoms with E-state index in [9.17, 15) is 4.39 Å². The molecule has 2 aromatic rings. The zero-order chi connectivity index (χ0) is 18.5. The average Bonchev–Trinajstić information content (AvgIpc) is 2.95. The molecule has 1 aliphatic rings. The monoisotopic (exact) mass is 362 g/mol. The summed E-state index contributed by atoms with van der Waals surface area (Å²) >= 11 is 0. The lowest BCUT2D eigenvalue weighted by atomic mass is 10.1. The summed E-state index contributed by atoms with van der Waals surface area (Å²) in [4.78, 5) is 4.55. The summed E-state index contributed by atoms with van der Waals surface area (Å²) in [5, 5.41) is 10.4. The molecule has 0 saturated heterocycles. The van der Waals surface area contributed by atoms with Crippen molar-refractivity contribution in [2.45, 2.75) is 40.5 Å². The van der Waals surface area contributed by atoms with Gasteiger partial charge in [0.2, 0.25) is 0 Å². The zero-order valence-electron chi connectivity index (χ0n) is 15.2. The second-order valence-electron chi connectivity index (χ2n) is 6.02. The molecule has 0 unspecified atom stereocenters. The Morgan fingerprint density at radius 3 is 2.88 bits per heavy atom. The molecule has 0 spiro atoms. The van der Waals surface area contributed by atoms with E-state index in [1.54, 1.807) is 0 Å². The number of ether oxygens (including phenoxy) is 2. The van der Waals surface area contributed by atoms with E-state index in [1.807, 2.05) is 20.8 Å². The number of fused-ring (bicyclic) bond motifs is 1. The highest BCUT2D eigenvalue weighted by Gasteiger charge is 2.17. The molecule has 26 heavy (non-hydrogen) atoms. The van der Waals surface area contributed by atoms with E-state index >= 15 is 0 Å². The molecule has 2 heterocycles. The Labute approximate surface area is 151 Å². The first-order chi connectivity index (χ1) is 12.6. The lowest BCUT2D eigenvalue weighted by Crippen LogP contribution is -2.37. The summed E-state index contributed by atoms with van der Waals surface area (Å²) in [6.07, 6.45) is 0. The van der Waals surface area contributed by atoms with E-state index in [4.69, 9.17) is 14.0 Å². The fourth-order valence-corrected chi connectivity index (χ4v) is 2.81. The van der Waals surface area contributed by atoms with Crippen LogP contribution in [0.5, 0.6) is 5.75 Å². The maximum absolute atomic E-state index is 13.8. The Balaban J connectivity index is 1.74. The number of aliphatic imine (C=N–C) groups is 1. The third-order valence-corrected chi connectivity index (χ3v) is 4.12. The quantitative estimate of drug-likeness (QED) is 0.628. The van der Waals surface area contributed by atoms with Gasteiger partial charge in [-0.25, -0.2) is 9.38 Å². The lowest BCUT2D eigenvalue weighted by molar-refractivity contribution is -0.0172. The molecule has 2 N–H and O–H groups in total. The van der Waals surface area contributed by atoms with Crippen LogP contribution in [-0.2, 0) is 24.4 Å². The molecular formula is C18H23FN4O3. The minimum absolute atomic E-state index is 0.166. The molecule has 7 nitrogen and oxygen atoms in total. The predicted octanol–water partition coefficient (Wildman–Crippen LogP) is 2.55. The largest absolute Gasteiger partial charge is 0.467 e. The number of nitrogens with zero attached hydrogens (tertiary/aromatic N) is 2. The van der Waals surface area contributed by atoms with Crippen LogP contribution in [0.3, 0.4) is 0 Å². The van der Waals surface area contributed by atoms with Crippen LogP contribution in [-0.4, -0.2) is 24.5 Å². The summed E-state index contributed by atoms with van der Waals surface area (Å²) in [5.74, 6) is 1.73. The zero-order valence-corrected chi connectivity index (χ0v) is 15.2. The molecule has 1 aromatic heterocycles. The highest BCUT2D eigenvalue weighted by molar-refractivity contribution is 5.79. The van der Waals surface area contributed by atoms with Crippen molar-refractivity contribution in [3.63, 3.8) is 0 Å². The van der Waals surface area contributed by atoms with Gasteiger partial charge in [-0.05, 0) is 32.9 Å². The topological polar surface area (TPSA) is 80.9 Å². The molecule has 1 aromatic carbocycles. The first-order valence-electron chi connectivity index (χ1n) is 8.54. The Bertz CT molecular complexity index is 784. The number of benzene rings is 1. The second-order valence-corrected chi connectivity index (χ2v) is 6.02. The average molecular weight is 362 g/mol. The summed E-state index contributed by atoms with van der Waals surface area (Å²) in [6, 6.07) is 2.88. The summed E-state index contributed by atoms with van der Waals surface area (Å²) in [5.41, 5.74) is 3.24. The molecular weight excluding hydrogens is 339 g/mol. The van der Waals surface area contributed by atoms with Crippen LogP contribution >= 0.6 is 0 Å². The predicted molar refractivity (Wildman–Crippen MR) is 94.3 cm³/mol. The van der Waals surface area contributed by atoms with Gasteiger partial charge in [-0.15, -0.1) is 0 Å². The molecule has 0 saturated carbocycles. The standard InChI is InChI=1S/C18H23FN4O3/c1-4-20-18(22-8-16-11(2)23-26-12(16)3)21-7-13-5-15(19)6-14-9-24-10-25-17(13)14/h5-6H,4,7-10H2,1-3H3,(H2,20,21,22). The van der Waals surface area contributed by atoms with Crippen LogP contribution in [0.2, 0.25) is 0 Å². The molecule has 0 aliphatic carbocycles. The van der Waals surface area contributed by atoms with Crippen molar-refractivity contribution in [2.75, 3.05) is 13.3 Å². The van der Waals surface area contributed by atoms with Crippen molar-refractivity contribution in [1.29, 1.82) is 0 Å². The van der Waals surface area contributed by atoms with Crippen molar-refractivity contribution >= 4 is 5.96 Å². The minimum Gasteiger partial charge on any atom is -0.467 e. The van der Waals surface area contributed by atoms with Gasteiger partial charge >= 0.3 is 0 Å². The fraction of sp³-hybridized carbons (Fsp3) is 0.444. The van der Waals surface area contributed by atoms with Crippen molar-refractivity contribution < 1.29 is 18.4 Å². The molecule has 3 rings (SSSR count). The van der Waals surface area contributed by atoms with E-state index in [0.29, 0.717) is 42.5 Å². The van der Waals surface area contributed by atoms with Gasteiger partial charge < -0.3 is 24.6 Å². The van der Waals surface area contributed by atoms with Gasteiger partial charge in [-0.2, -0.15) is 0 Å². The number of guanidine groups is 1. The SMILES string of the molecule is CCNC(=NCc1cc(F)cc2c1OCOC2)NCc1c(C)noc1C. The van der Waals surface area contributed by atoms with E-state index < -0.39 is 0 Å². The number of rotatable bonds is 5. The summed E-state index contributed by atoms with van der Waals surface area (Å²) in [7, 11) is 0. The Morgan fingerprint density at radius 2 is 2.15 bits per heavy atom. The number of halogens is 1. The highest BCUT2D eigenvalue weighted by Crippen LogP contribution is 2.29. The summed E-state index contributed by atoms with van der Waals surface area (Å²) in [6.45, 7) is 7.80. The highest BCUT2D eigenvalue weighted by atomic mass is 19.1. The molecule has 0 radical (unpaired) electrons. The fourth-order valence-electron chi connectivity index (χ4n) is 2.81. The first kappa shape index (κ1) is 18.2. The Kier molecular flexibility index (Phi) is 5.72. The second kappa shape index (κ2) is 8.18. The van der Waals surface area contributed by atoms with Crippen LogP contribution in [0.1, 0.15) is 35.1 Å². The molecule has 0 bridgehead atoms. The van der Waals surface area contributed by atoms with Crippen LogP contribution in [0.25, 0.3) is 0 Å². The van der Waals surface area contributed by atoms with Crippen molar-refractivity contribution in [3.8, 4) is 5.75 Å². The third-order valence-electron chi connectivity index (χ3n) is 4.12. The van der Waals surface area contributed by atoms with E-state index in [2.05, 4.69) is 20.8 Å². The van der Waals surface area contributed by atoms with Gasteiger partial charge in [0.25, 0.3) is 0 Å². The molecule has 1 aliphatic heterocycles. The normalized spacial score (nSPS) is 13.9. The number of aryl methyl sites for hydroxylation is 2. The smallest absolute Gasteiger partial charge is 0.191 e. The van der Waals surface area contributed by atoms with Gasteiger partial charge in [0.1, 0.15) is 17.3 Å². The van der Waals surface area contributed by atoms with Crippen molar-refractivity contribution in [2.24, 2.45) is 4.99 Å². The number of hydrogen-bond acceptors (Lipinski definition) is 5. The van der Waals surface area contributed by atoms with Crippen LogP contribution in [0, 0.1) is 19.7 Å². The van der Waals surface area contributed by atoms with Crippen LogP contribution < -0.4 is 15.4 Å².